The van der Waals surface area contributed by atoms with Gasteiger partial charge in [-0.25, -0.2) is 0 Å². The summed E-state index contributed by atoms with van der Waals surface area (Å²) < 4.78 is 9.80. The number of ether oxygens (including phenoxy) is 2. The molecule has 0 spiro atoms. The van der Waals surface area contributed by atoms with Crippen LogP contribution in [0.4, 0.5) is 0 Å². The average Bonchev–Trinajstić information content (AvgIpc) is 2.10. The molecule has 1 N–H and O–H groups in total. The van der Waals surface area contributed by atoms with Gasteiger partial charge in [0, 0.05) is 12.2 Å². The van der Waals surface area contributed by atoms with Crippen molar-refractivity contribution in [1.82, 2.24) is 0 Å². The molecule has 0 bridgehead atoms. The summed E-state index contributed by atoms with van der Waals surface area (Å²) in [5.41, 5.74) is 0. The van der Waals surface area contributed by atoms with E-state index in [1.165, 1.54) is 0 Å². The zero-order valence-electron chi connectivity index (χ0n) is 5.03. The molecule has 0 aliphatic carbocycles. The van der Waals surface area contributed by atoms with Crippen LogP contribution >= 0.6 is 12.2 Å². The van der Waals surface area contributed by atoms with E-state index in [0.717, 1.165) is 0 Å². The Labute approximate surface area is 58.6 Å². The fourth-order valence-corrected chi connectivity index (χ4v) is 0.936. The molecule has 4 heteroatoms. The van der Waals surface area contributed by atoms with E-state index in [4.69, 9.17) is 14.6 Å². The topological polar surface area (TPSA) is 38.7 Å². The average molecular weight is 148 g/mol. The summed E-state index contributed by atoms with van der Waals surface area (Å²) in [6.45, 7) is 1.77. The fourth-order valence-electron chi connectivity index (χ4n) is 0.661. The van der Waals surface area contributed by atoms with Crippen molar-refractivity contribution in [2.45, 2.75) is 19.1 Å². The van der Waals surface area contributed by atoms with E-state index < -0.39 is 0 Å². The van der Waals surface area contributed by atoms with Gasteiger partial charge in [-0.1, -0.05) is 0 Å². The number of hydrogen-bond donors (Lipinski definition) is 1. The molecular formula is C5H8O3S. The maximum Gasteiger partial charge on any atom is 0.353 e. The molecule has 0 amide bonds. The van der Waals surface area contributed by atoms with Crippen LogP contribution in [0.25, 0.3) is 0 Å². The van der Waals surface area contributed by atoms with Gasteiger partial charge in [0.1, 0.15) is 6.10 Å². The summed E-state index contributed by atoms with van der Waals surface area (Å²) in [6, 6.07) is 0. The van der Waals surface area contributed by atoms with Crippen LogP contribution in [0, 0.1) is 0 Å². The normalized spacial score (nSPS) is 33.8. The first-order valence-corrected chi connectivity index (χ1v) is 3.13. The zero-order chi connectivity index (χ0) is 6.85. The monoisotopic (exact) mass is 148 g/mol. The first kappa shape index (κ1) is 6.77. The molecule has 1 aliphatic heterocycles. The maximum absolute atomic E-state index is 8.59. The van der Waals surface area contributed by atoms with Gasteiger partial charge in [-0.15, -0.1) is 0 Å². The van der Waals surface area contributed by atoms with Gasteiger partial charge in [-0.3, -0.25) is 0 Å². The van der Waals surface area contributed by atoms with Crippen LogP contribution in [-0.4, -0.2) is 29.2 Å². The molecular weight excluding hydrogens is 140 g/mol. The fraction of sp³-hybridized carbons (Fsp3) is 0.800. The summed E-state index contributed by atoms with van der Waals surface area (Å²) in [6.07, 6.45) is -0.375. The van der Waals surface area contributed by atoms with Gasteiger partial charge in [0.05, 0.1) is 6.61 Å². The Hall–Kier alpha value is -0.350. The number of hydrogen-bond acceptors (Lipinski definition) is 4. The van der Waals surface area contributed by atoms with Crippen molar-refractivity contribution >= 4 is 17.5 Å². The zero-order valence-corrected chi connectivity index (χ0v) is 5.85. The molecule has 9 heavy (non-hydrogen) atoms. The molecule has 0 aromatic heterocycles. The predicted molar refractivity (Wildman–Crippen MR) is 35.1 cm³/mol. The van der Waals surface area contributed by atoms with Gasteiger partial charge in [0.25, 0.3) is 0 Å². The molecule has 1 aliphatic rings. The molecule has 52 valence electrons. The second kappa shape index (κ2) is 2.49. The summed E-state index contributed by atoms with van der Waals surface area (Å²) >= 11 is 4.58. The lowest BCUT2D eigenvalue weighted by Gasteiger charge is -2.05. The first-order chi connectivity index (χ1) is 4.24. The molecule has 0 aromatic carbocycles. The lowest BCUT2D eigenvalue weighted by molar-refractivity contribution is 0.0970. The van der Waals surface area contributed by atoms with Crippen molar-refractivity contribution in [3.63, 3.8) is 0 Å². The van der Waals surface area contributed by atoms with Gasteiger partial charge in [-0.05, 0) is 6.92 Å². The Balaban J connectivity index is 2.47. The third-order valence-electron chi connectivity index (χ3n) is 1.23. The maximum atomic E-state index is 8.59. The predicted octanol–water partition coefficient (Wildman–Crippen LogP) is 0.0675. The SMILES string of the molecule is CC1OC(=S)OC1CO. The first-order valence-electron chi connectivity index (χ1n) is 2.72. The Morgan fingerprint density at radius 1 is 1.67 bits per heavy atom. The summed E-state index contributed by atoms with van der Waals surface area (Å²) in [5.74, 6) is 0. The lowest BCUT2D eigenvalue weighted by Crippen LogP contribution is -2.22. The van der Waals surface area contributed by atoms with E-state index in [0.29, 0.717) is 0 Å². The number of rotatable bonds is 1. The molecule has 1 fully saturated rings. The second-order valence-corrected chi connectivity index (χ2v) is 2.25. The molecule has 1 heterocycles. The lowest BCUT2D eigenvalue weighted by atomic mass is 10.2. The van der Waals surface area contributed by atoms with Crippen molar-refractivity contribution in [2.24, 2.45) is 0 Å². The van der Waals surface area contributed by atoms with Crippen LogP contribution in [0.1, 0.15) is 6.92 Å². The second-order valence-electron chi connectivity index (χ2n) is 1.91. The highest BCUT2D eigenvalue weighted by Gasteiger charge is 2.29. The van der Waals surface area contributed by atoms with Gasteiger partial charge < -0.3 is 14.6 Å². The largest absolute Gasteiger partial charge is 0.450 e. The molecule has 0 aromatic rings. The van der Waals surface area contributed by atoms with Crippen molar-refractivity contribution in [3.8, 4) is 0 Å². The highest BCUT2D eigenvalue weighted by atomic mass is 32.1. The molecule has 2 unspecified atom stereocenters. The summed E-state index contributed by atoms with van der Waals surface area (Å²) in [5, 5.41) is 8.73. The van der Waals surface area contributed by atoms with Crippen LogP contribution < -0.4 is 0 Å². The van der Waals surface area contributed by atoms with E-state index in [1.807, 2.05) is 0 Å². The van der Waals surface area contributed by atoms with Crippen LogP contribution in [0.15, 0.2) is 0 Å². The number of aliphatic hydroxyl groups excluding tert-OH is 1. The molecule has 0 radical (unpaired) electrons. The van der Waals surface area contributed by atoms with E-state index >= 15 is 0 Å². The van der Waals surface area contributed by atoms with Gasteiger partial charge in [0.2, 0.25) is 0 Å². The smallest absolute Gasteiger partial charge is 0.353 e. The van der Waals surface area contributed by atoms with E-state index in [2.05, 4.69) is 12.2 Å². The van der Waals surface area contributed by atoms with Crippen molar-refractivity contribution in [2.75, 3.05) is 6.61 Å². The third-order valence-corrected chi connectivity index (χ3v) is 1.43. The summed E-state index contributed by atoms with van der Waals surface area (Å²) in [7, 11) is 0. The minimum absolute atomic E-state index is 0.0404. The molecule has 2 atom stereocenters. The van der Waals surface area contributed by atoms with E-state index in [1.54, 1.807) is 6.92 Å². The molecule has 1 saturated heterocycles. The van der Waals surface area contributed by atoms with Crippen LogP contribution in [0.3, 0.4) is 0 Å². The Kier molecular flexibility index (Phi) is 1.87. The minimum Gasteiger partial charge on any atom is -0.450 e. The summed E-state index contributed by atoms with van der Waals surface area (Å²) in [4.78, 5) is 0. The molecule has 1 rings (SSSR count). The van der Waals surface area contributed by atoms with Gasteiger partial charge in [-0.2, -0.15) is 0 Å². The standard InChI is InChI=1S/C5H8O3S/c1-3-4(2-6)8-5(9)7-3/h3-4,6H,2H2,1H3. The number of aliphatic hydroxyl groups is 1. The Bertz CT molecular complexity index is 125. The van der Waals surface area contributed by atoms with E-state index in [9.17, 15) is 0 Å². The highest BCUT2D eigenvalue weighted by Crippen LogP contribution is 2.13. The third kappa shape index (κ3) is 1.31. The van der Waals surface area contributed by atoms with E-state index in [-0.39, 0.29) is 24.1 Å². The van der Waals surface area contributed by atoms with Gasteiger partial charge >= 0.3 is 5.24 Å². The Morgan fingerprint density at radius 3 is 2.56 bits per heavy atom. The van der Waals surface area contributed by atoms with Crippen molar-refractivity contribution in [1.29, 1.82) is 0 Å². The van der Waals surface area contributed by atoms with Gasteiger partial charge in [0.15, 0.2) is 6.10 Å². The molecule has 3 nitrogen and oxygen atoms in total. The van der Waals surface area contributed by atoms with Crippen LogP contribution in [-0.2, 0) is 9.47 Å². The molecule has 0 saturated carbocycles. The van der Waals surface area contributed by atoms with Crippen molar-refractivity contribution < 1.29 is 14.6 Å². The quantitative estimate of drug-likeness (QED) is 0.534. The van der Waals surface area contributed by atoms with Crippen LogP contribution in [0.2, 0.25) is 0 Å². The van der Waals surface area contributed by atoms with Crippen molar-refractivity contribution in [3.05, 3.63) is 0 Å². The number of thiocarbonyl (C=S) groups is 1. The van der Waals surface area contributed by atoms with Crippen LogP contribution in [0.5, 0.6) is 0 Å². The highest BCUT2D eigenvalue weighted by molar-refractivity contribution is 7.79. The Morgan fingerprint density at radius 2 is 2.33 bits per heavy atom. The minimum atomic E-state index is -0.266.